The molecule has 0 atom stereocenters. The summed E-state index contributed by atoms with van der Waals surface area (Å²) in [6.45, 7) is 14.4. The average Bonchev–Trinajstić information content (AvgIpc) is 3.39. The number of rotatable bonds is 5. The molecule has 9 rings (SSSR count). The first kappa shape index (κ1) is 32.5. The molecule has 0 aromatic heterocycles. The minimum absolute atomic E-state index is 0.123. The van der Waals surface area contributed by atoms with Gasteiger partial charge in [0.2, 0.25) is 0 Å². The molecular weight excluding hydrogens is 627 g/mol. The van der Waals surface area contributed by atoms with Crippen LogP contribution in [0.25, 0.3) is 44.2 Å². The van der Waals surface area contributed by atoms with E-state index >= 15 is 0 Å². The van der Waals surface area contributed by atoms with Crippen LogP contribution in [0.2, 0.25) is 0 Å². The molecule has 0 unspecified atom stereocenters. The van der Waals surface area contributed by atoms with Crippen LogP contribution in [0.1, 0.15) is 76.6 Å². The van der Waals surface area contributed by atoms with Gasteiger partial charge < -0.3 is 4.90 Å². The van der Waals surface area contributed by atoms with Crippen molar-refractivity contribution in [3.05, 3.63) is 174 Å². The molecule has 0 spiro atoms. The second-order valence-corrected chi connectivity index (χ2v) is 16.9. The molecule has 0 amide bonds. The summed E-state index contributed by atoms with van der Waals surface area (Å²) in [7, 11) is 0. The third-order valence-corrected chi connectivity index (χ3v) is 12.3. The minimum Gasteiger partial charge on any atom is -0.310 e. The Balaban J connectivity index is 1.27. The maximum Gasteiger partial charge on any atom is 0.0543 e. The molecule has 0 heterocycles. The summed E-state index contributed by atoms with van der Waals surface area (Å²) in [5.74, 6) is 0. The Morgan fingerprint density at radius 2 is 1.02 bits per heavy atom. The van der Waals surface area contributed by atoms with Gasteiger partial charge in [-0.1, -0.05) is 157 Å². The van der Waals surface area contributed by atoms with Crippen molar-refractivity contribution in [3.8, 4) is 33.4 Å². The fourth-order valence-electron chi connectivity index (χ4n) is 9.27. The summed E-state index contributed by atoms with van der Waals surface area (Å²) in [5, 5.41) is 2.48. The Kier molecular flexibility index (Phi) is 7.39. The van der Waals surface area contributed by atoms with E-state index in [9.17, 15) is 0 Å². The monoisotopic (exact) mass is 673 g/mol. The summed E-state index contributed by atoms with van der Waals surface area (Å²) in [5.41, 5.74) is 17.2. The Morgan fingerprint density at radius 1 is 0.404 bits per heavy atom. The lowest BCUT2D eigenvalue weighted by atomic mass is 9.61. The van der Waals surface area contributed by atoms with E-state index in [1.807, 2.05) is 0 Å². The number of anilines is 3. The van der Waals surface area contributed by atoms with Crippen LogP contribution < -0.4 is 4.90 Å². The van der Waals surface area contributed by atoms with Gasteiger partial charge in [-0.2, -0.15) is 0 Å². The number of para-hydroxylation sites is 1. The van der Waals surface area contributed by atoms with Crippen LogP contribution in [0.15, 0.2) is 152 Å². The SMILES string of the molecule is CC1(C)CCC(C)(C)c2c(-c3ccc(-c4cc5c(cc4N(c4ccccc4)c4ccc6ccccc6c4)C(C)(C)c4ccccc4-5)cc3)cccc21. The van der Waals surface area contributed by atoms with Crippen molar-refractivity contribution in [2.45, 2.75) is 70.6 Å². The molecule has 7 aromatic carbocycles. The normalized spacial score (nSPS) is 16.2. The van der Waals surface area contributed by atoms with Gasteiger partial charge in [0.25, 0.3) is 0 Å². The van der Waals surface area contributed by atoms with Gasteiger partial charge in [-0.15, -0.1) is 0 Å². The first-order valence-electron chi connectivity index (χ1n) is 18.9. The van der Waals surface area contributed by atoms with Gasteiger partial charge in [0, 0.05) is 22.4 Å². The van der Waals surface area contributed by atoms with Crippen LogP contribution in [0.4, 0.5) is 17.1 Å². The van der Waals surface area contributed by atoms with E-state index < -0.39 is 0 Å². The second-order valence-electron chi connectivity index (χ2n) is 16.9. The van der Waals surface area contributed by atoms with Crippen molar-refractivity contribution in [2.24, 2.45) is 0 Å². The molecule has 0 N–H and O–H groups in total. The van der Waals surface area contributed by atoms with Crippen LogP contribution in [0, 0.1) is 0 Å². The van der Waals surface area contributed by atoms with Gasteiger partial charge in [-0.05, 0) is 121 Å². The maximum absolute atomic E-state index is 2.49. The smallest absolute Gasteiger partial charge is 0.0543 e. The average molecular weight is 674 g/mol. The molecule has 2 aliphatic rings. The Hall–Kier alpha value is -5.40. The van der Waals surface area contributed by atoms with E-state index in [1.54, 1.807) is 0 Å². The number of hydrogen-bond donors (Lipinski definition) is 0. The zero-order valence-corrected chi connectivity index (χ0v) is 31.3. The Labute approximate surface area is 309 Å². The van der Waals surface area contributed by atoms with E-state index in [-0.39, 0.29) is 16.2 Å². The maximum atomic E-state index is 2.49. The quantitative estimate of drug-likeness (QED) is 0.176. The lowest BCUT2D eigenvalue weighted by molar-refractivity contribution is 0.333. The molecular formula is C51H47N. The summed E-state index contributed by atoms with van der Waals surface area (Å²) in [6.07, 6.45) is 2.41. The third kappa shape index (κ3) is 5.13. The zero-order valence-electron chi connectivity index (χ0n) is 31.3. The summed E-state index contributed by atoms with van der Waals surface area (Å²) >= 11 is 0. The molecule has 0 saturated carbocycles. The van der Waals surface area contributed by atoms with Crippen molar-refractivity contribution in [1.82, 2.24) is 0 Å². The molecule has 2 aliphatic carbocycles. The highest BCUT2D eigenvalue weighted by Gasteiger charge is 2.39. The molecule has 0 saturated heterocycles. The van der Waals surface area contributed by atoms with Crippen LogP contribution in [-0.2, 0) is 16.2 Å². The van der Waals surface area contributed by atoms with Gasteiger partial charge in [-0.3, -0.25) is 0 Å². The lowest BCUT2D eigenvalue weighted by Crippen LogP contribution is -2.34. The topological polar surface area (TPSA) is 3.24 Å². The van der Waals surface area contributed by atoms with Crippen LogP contribution in [0.5, 0.6) is 0 Å². The molecule has 7 aromatic rings. The molecule has 52 heavy (non-hydrogen) atoms. The fraction of sp³-hybridized carbons (Fsp3) is 0.216. The highest BCUT2D eigenvalue weighted by atomic mass is 15.1. The van der Waals surface area contributed by atoms with Crippen molar-refractivity contribution >= 4 is 27.8 Å². The molecule has 1 heteroatoms. The van der Waals surface area contributed by atoms with E-state index in [2.05, 4.69) is 198 Å². The molecule has 0 fully saturated rings. The fourth-order valence-corrected chi connectivity index (χ4v) is 9.27. The van der Waals surface area contributed by atoms with Crippen LogP contribution >= 0.6 is 0 Å². The highest BCUT2D eigenvalue weighted by Crippen LogP contribution is 2.54. The molecule has 0 radical (unpaired) electrons. The van der Waals surface area contributed by atoms with Gasteiger partial charge in [0.1, 0.15) is 0 Å². The van der Waals surface area contributed by atoms with E-state index in [0.717, 1.165) is 11.4 Å². The third-order valence-electron chi connectivity index (χ3n) is 12.3. The first-order valence-corrected chi connectivity index (χ1v) is 18.9. The lowest BCUT2D eigenvalue weighted by Gasteiger charge is -2.43. The second kappa shape index (κ2) is 11.8. The number of benzene rings is 7. The van der Waals surface area contributed by atoms with E-state index in [1.165, 1.54) is 84.9 Å². The van der Waals surface area contributed by atoms with Crippen molar-refractivity contribution < 1.29 is 0 Å². The molecule has 0 aliphatic heterocycles. The summed E-state index contributed by atoms with van der Waals surface area (Å²) < 4.78 is 0. The Morgan fingerprint density at radius 3 is 1.79 bits per heavy atom. The predicted molar refractivity (Wildman–Crippen MR) is 222 cm³/mol. The van der Waals surface area contributed by atoms with Gasteiger partial charge in [0.05, 0.1) is 5.69 Å². The van der Waals surface area contributed by atoms with Crippen molar-refractivity contribution in [3.63, 3.8) is 0 Å². The predicted octanol–water partition coefficient (Wildman–Crippen LogP) is 14.3. The molecule has 256 valence electrons. The van der Waals surface area contributed by atoms with Gasteiger partial charge in [-0.25, -0.2) is 0 Å². The minimum atomic E-state index is -0.123. The molecule has 0 bridgehead atoms. The van der Waals surface area contributed by atoms with Crippen molar-refractivity contribution in [1.29, 1.82) is 0 Å². The summed E-state index contributed by atoms with van der Waals surface area (Å²) in [4.78, 5) is 2.47. The highest BCUT2D eigenvalue weighted by molar-refractivity contribution is 5.97. The van der Waals surface area contributed by atoms with Crippen LogP contribution in [0.3, 0.4) is 0 Å². The first-order chi connectivity index (χ1) is 25.0. The Bertz CT molecular complexity index is 2480. The molecule has 1 nitrogen and oxygen atoms in total. The van der Waals surface area contributed by atoms with E-state index in [4.69, 9.17) is 0 Å². The van der Waals surface area contributed by atoms with Crippen molar-refractivity contribution in [2.75, 3.05) is 4.90 Å². The number of hydrogen-bond acceptors (Lipinski definition) is 1. The van der Waals surface area contributed by atoms with Gasteiger partial charge in [0.15, 0.2) is 0 Å². The van der Waals surface area contributed by atoms with Gasteiger partial charge >= 0.3 is 0 Å². The number of fused-ring (bicyclic) bond motifs is 5. The zero-order chi connectivity index (χ0) is 35.8. The number of nitrogens with zero attached hydrogens (tertiary/aromatic N) is 1. The standard InChI is InChI=1S/C51H47N/c1-49(2)29-30-50(3,4)48-40(20-14-22-45(48)49)35-23-25-36(26-24-35)42-32-43-41-19-12-13-21-44(41)51(5,6)46(43)33-47(42)52(38-17-8-7-9-18-38)39-28-27-34-15-10-11-16-37(34)31-39/h7-28,31-33H,29-30H2,1-6H3. The van der Waals surface area contributed by atoms with Crippen LogP contribution in [-0.4, -0.2) is 0 Å². The largest absolute Gasteiger partial charge is 0.310 e. The van der Waals surface area contributed by atoms with E-state index in [0.29, 0.717) is 0 Å². The summed E-state index contributed by atoms with van der Waals surface area (Å²) in [6, 6.07) is 56.7.